The topological polar surface area (TPSA) is 97.8 Å². The number of rotatable bonds is 7. The normalized spacial score (nSPS) is 21.1. The first-order valence-corrected chi connectivity index (χ1v) is 11.6. The van der Waals surface area contributed by atoms with Crippen LogP contribution in [0, 0.1) is 0 Å². The Bertz CT molecular complexity index is 1190. The maximum atomic E-state index is 13.3. The molecule has 35 heavy (non-hydrogen) atoms. The largest absolute Gasteiger partial charge is 0.507 e. The van der Waals surface area contributed by atoms with E-state index in [9.17, 15) is 14.7 Å². The first-order valence-electron chi connectivity index (χ1n) is 11.6. The van der Waals surface area contributed by atoms with Crippen LogP contribution in [-0.2, 0) is 9.59 Å². The number of carbonyl (C=O) groups is 2. The number of aliphatic hydroxyl groups is 1. The summed E-state index contributed by atoms with van der Waals surface area (Å²) >= 11 is 0. The number of hydrogen-bond acceptors (Lipinski definition) is 8. The molecule has 3 aliphatic rings. The number of ether oxygens (including phenoxy) is 4. The van der Waals surface area contributed by atoms with E-state index in [-0.39, 0.29) is 18.1 Å². The Kier molecular flexibility index (Phi) is 6.25. The van der Waals surface area contributed by atoms with E-state index in [1.165, 1.54) is 19.1 Å². The lowest BCUT2D eigenvalue weighted by atomic mass is 9.94. The second-order valence-electron chi connectivity index (χ2n) is 8.73. The highest BCUT2D eigenvalue weighted by Gasteiger charge is 2.46. The van der Waals surface area contributed by atoms with Crippen molar-refractivity contribution in [3.05, 3.63) is 53.1 Å². The summed E-state index contributed by atoms with van der Waals surface area (Å²) in [5.74, 6) is 0.264. The molecule has 0 unspecified atom stereocenters. The van der Waals surface area contributed by atoms with Gasteiger partial charge in [0.25, 0.3) is 11.7 Å². The quantitative estimate of drug-likeness (QED) is 0.367. The molecule has 0 bridgehead atoms. The summed E-state index contributed by atoms with van der Waals surface area (Å²) in [5.41, 5.74) is 1.00. The van der Waals surface area contributed by atoms with E-state index in [0.29, 0.717) is 47.2 Å². The molecule has 1 atom stereocenters. The molecule has 3 aliphatic heterocycles. The van der Waals surface area contributed by atoms with Gasteiger partial charge in [-0.1, -0.05) is 12.1 Å². The van der Waals surface area contributed by atoms with Crippen LogP contribution in [0.5, 0.6) is 23.0 Å². The molecular formula is C26H28N2O7. The molecule has 184 valence electrons. The minimum atomic E-state index is -0.813. The Labute approximate surface area is 203 Å². The highest BCUT2D eigenvalue weighted by atomic mass is 16.7. The fourth-order valence-electron chi connectivity index (χ4n) is 4.95. The number of benzene rings is 2. The van der Waals surface area contributed by atoms with Crippen LogP contribution in [0.4, 0.5) is 0 Å². The average Bonchev–Trinajstić information content (AvgIpc) is 3.63. The lowest BCUT2D eigenvalue weighted by Gasteiger charge is -2.27. The van der Waals surface area contributed by atoms with Crippen LogP contribution in [-0.4, -0.2) is 73.8 Å². The van der Waals surface area contributed by atoms with Crippen molar-refractivity contribution >= 4 is 17.4 Å². The van der Waals surface area contributed by atoms with Crippen LogP contribution in [0.15, 0.2) is 42.0 Å². The number of nitrogens with zero attached hydrogens (tertiary/aromatic N) is 2. The lowest BCUT2D eigenvalue weighted by Crippen LogP contribution is -2.37. The smallest absolute Gasteiger partial charge is 0.295 e. The number of ketones is 1. The summed E-state index contributed by atoms with van der Waals surface area (Å²) in [4.78, 5) is 30.4. The van der Waals surface area contributed by atoms with Gasteiger partial charge in [0.05, 0.1) is 25.8 Å². The van der Waals surface area contributed by atoms with E-state index in [2.05, 4.69) is 4.90 Å². The van der Waals surface area contributed by atoms with Gasteiger partial charge in [-0.05, 0) is 55.8 Å². The molecule has 0 spiro atoms. The van der Waals surface area contributed by atoms with Crippen LogP contribution in [0.25, 0.3) is 5.76 Å². The molecule has 0 saturated carbocycles. The molecule has 1 N–H and O–H groups in total. The summed E-state index contributed by atoms with van der Waals surface area (Å²) in [6, 6.07) is 9.42. The Morgan fingerprint density at radius 3 is 2.60 bits per heavy atom. The molecule has 0 radical (unpaired) electrons. The van der Waals surface area contributed by atoms with Crippen LogP contribution in [0.2, 0.25) is 0 Å². The maximum absolute atomic E-state index is 13.3. The minimum absolute atomic E-state index is 0.0191. The van der Waals surface area contributed by atoms with Gasteiger partial charge in [0.1, 0.15) is 11.5 Å². The molecule has 2 aromatic carbocycles. The SMILES string of the molecule is COc1cccc(C(O)=C2C(=O)C(=O)N(CCN3CCCC3)[C@H]2c2cc(OC)c3c(c2)OCO3)c1. The molecule has 2 fully saturated rings. The molecular weight excluding hydrogens is 452 g/mol. The van der Waals surface area contributed by atoms with Crippen LogP contribution in [0.1, 0.15) is 30.0 Å². The second-order valence-corrected chi connectivity index (χ2v) is 8.73. The van der Waals surface area contributed by atoms with Crippen LogP contribution in [0.3, 0.4) is 0 Å². The Balaban J connectivity index is 1.62. The van der Waals surface area contributed by atoms with Gasteiger partial charge in [-0.2, -0.15) is 0 Å². The van der Waals surface area contributed by atoms with Crippen LogP contribution >= 0.6 is 0 Å². The molecule has 0 aromatic heterocycles. The molecule has 1 amide bonds. The van der Waals surface area contributed by atoms with E-state index in [1.54, 1.807) is 36.4 Å². The van der Waals surface area contributed by atoms with Crippen molar-refractivity contribution in [1.82, 2.24) is 9.80 Å². The monoisotopic (exact) mass is 480 g/mol. The van der Waals surface area contributed by atoms with Gasteiger partial charge in [0, 0.05) is 18.7 Å². The molecule has 2 saturated heterocycles. The van der Waals surface area contributed by atoms with Crippen molar-refractivity contribution in [2.45, 2.75) is 18.9 Å². The van der Waals surface area contributed by atoms with Gasteiger partial charge in [-0.3, -0.25) is 9.59 Å². The maximum Gasteiger partial charge on any atom is 0.295 e. The first-order chi connectivity index (χ1) is 17.0. The Morgan fingerprint density at radius 2 is 1.86 bits per heavy atom. The standard InChI is InChI=1S/C26H28N2O7/c1-32-18-7-5-6-16(12-18)23(29)21-22(17-13-19(33-2)25-20(14-17)34-15-35-25)28(26(31)24(21)30)11-10-27-8-3-4-9-27/h5-7,12-14,22,29H,3-4,8-11,15H2,1-2H3/t22-/m0/s1. The van der Waals surface area contributed by atoms with Crippen molar-refractivity contribution in [3.63, 3.8) is 0 Å². The summed E-state index contributed by atoms with van der Waals surface area (Å²) in [6.07, 6.45) is 2.24. The lowest BCUT2D eigenvalue weighted by molar-refractivity contribution is -0.140. The highest BCUT2D eigenvalue weighted by molar-refractivity contribution is 6.46. The number of likely N-dealkylation sites (tertiary alicyclic amines) is 2. The van der Waals surface area contributed by atoms with Crippen molar-refractivity contribution in [2.75, 3.05) is 47.2 Å². The van der Waals surface area contributed by atoms with Gasteiger partial charge >= 0.3 is 0 Å². The van der Waals surface area contributed by atoms with E-state index in [0.717, 1.165) is 25.9 Å². The number of amides is 1. The van der Waals surface area contributed by atoms with Gasteiger partial charge in [-0.15, -0.1) is 0 Å². The first kappa shape index (κ1) is 23.0. The molecule has 9 heteroatoms. The number of aliphatic hydroxyl groups excluding tert-OH is 1. The minimum Gasteiger partial charge on any atom is -0.507 e. The summed E-state index contributed by atoms with van der Waals surface area (Å²) in [6.45, 7) is 2.98. The van der Waals surface area contributed by atoms with Gasteiger partial charge < -0.3 is 33.9 Å². The molecule has 9 nitrogen and oxygen atoms in total. The van der Waals surface area contributed by atoms with Crippen molar-refractivity contribution in [2.24, 2.45) is 0 Å². The summed E-state index contributed by atoms with van der Waals surface area (Å²) in [7, 11) is 3.04. The number of methoxy groups -OCH3 is 2. The molecule has 3 heterocycles. The van der Waals surface area contributed by atoms with E-state index < -0.39 is 17.7 Å². The third-order valence-electron chi connectivity index (χ3n) is 6.74. The van der Waals surface area contributed by atoms with Gasteiger partial charge in [0.2, 0.25) is 12.5 Å². The van der Waals surface area contributed by atoms with Gasteiger partial charge in [0.15, 0.2) is 11.5 Å². The zero-order valence-corrected chi connectivity index (χ0v) is 19.8. The predicted octanol–water partition coefficient (Wildman–Crippen LogP) is 2.95. The number of carbonyl (C=O) groups excluding carboxylic acids is 2. The zero-order valence-electron chi connectivity index (χ0n) is 19.8. The Hall–Kier alpha value is -3.72. The van der Waals surface area contributed by atoms with E-state index in [1.807, 2.05) is 0 Å². The molecule has 5 rings (SSSR count). The zero-order chi connectivity index (χ0) is 24.5. The fraction of sp³-hybridized carbons (Fsp3) is 0.385. The number of Topliss-reactive ketones (excluding diaryl/α,β-unsaturated/α-hetero) is 1. The summed E-state index contributed by atoms with van der Waals surface area (Å²) in [5, 5.41) is 11.3. The predicted molar refractivity (Wildman–Crippen MR) is 127 cm³/mol. The number of hydrogen-bond donors (Lipinski definition) is 1. The van der Waals surface area contributed by atoms with Crippen molar-refractivity contribution < 1.29 is 33.6 Å². The van der Waals surface area contributed by atoms with Crippen molar-refractivity contribution in [1.29, 1.82) is 0 Å². The fourth-order valence-corrected chi connectivity index (χ4v) is 4.95. The van der Waals surface area contributed by atoms with Crippen LogP contribution < -0.4 is 18.9 Å². The van der Waals surface area contributed by atoms with E-state index in [4.69, 9.17) is 18.9 Å². The Morgan fingerprint density at radius 1 is 1.06 bits per heavy atom. The number of fused-ring (bicyclic) bond motifs is 1. The third-order valence-corrected chi connectivity index (χ3v) is 6.74. The average molecular weight is 481 g/mol. The molecule has 2 aromatic rings. The van der Waals surface area contributed by atoms with E-state index >= 15 is 0 Å². The third kappa shape index (κ3) is 4.16. The summed E-state index contributed by atoms with van der Waals surface area (Å²) < 4.78 is 21.9. The highest BCUT2D eigenvalue weighted by Crippen LogP contribution is 2.47. The molecule has 0 aliphatic carbocycles. The van der Waals surface area contributed by atoms with Crippen molar-refractivity contribution in [3.8, 4) is 23.0 Å². The second kappa shape index (κ2) is 9.50. The van der Waals surface area contributed by atoms with Gasteiger partial charge in [-0.25, -0.2) is 0 Å².